The van der Waals surface area contributed by atoms with Crippen molar-refractivity contribution in [2.75, 3.05) is 4.90 Å². The van der Waals surface area contributed by atoms with Gasteiger partial charge in [0.1, 0.15) is 16.7 Å². The van der Waals surface area contributed by atoms with Gasteiger partial charge in [0.15, 0.2) is 5.82 Å². The summed E-state index contributed by atoms with van der Waals surface area (Å²) in [6.45, 7) is 1.76. The van der Waals surface area contributed by atoms with E-state index in [-0.39, 0.29) is 18.7 Å². The number of alkyl halides is 1. The van der Waals surface area contributed by atoms with Crippen LogP contribution in [0.5, 0.6) is 0 Å². The molecule has 2 fully saturated rings. The fourth-order valence-electron chi connectivity index (χ4n) is 5.12. The molecule has 1 aromatic carbocycles. The molecular formula is C21H21ClFN7OS. The maximum absolute atomic E-state index is 14.8. The third-order valence-corrected chi connectivity index (χ3v) is 8.17. The van der Waals surface area contributed by atoms with Crippen molar-refractivity contribution in [2.45, 2.75) is 57.1 Å². The van der Waals surface area contributed by atoms with Crippen LogP contribution in [0.3, 0.4) is 0 Å². The zero-order chi connectivity index (χ0) is 22.1. The van der Waals surface area contributed by atoms with Crippen LogP contribution >= 0.6 is 22.9 Å². The number of anilines is 1. The van der Waals surface area contributed by atoms with E-state index in [1.807, 2.05) is 19.1 Å². The molecular weight excluding hydrogens is 453 g/mol. The molecule has 0 amide bonds. The van der Waals surface area contributed by atoms with Crippen LogP contribution in [-0.4, -0.2) is 54.6 Å². The maximum Gasteiger partial charge on any atom is 0.202 e. The van der Waals surface area contributed by atoms with Gasteiger partial charge in [0, 0.05) is 17.6 Å². The summed E-state index contributed by atoms with van der Waals surface area (Å²) >= 11 is 8.06. The minimum atomic E-state index is -1.07. The first kappa shape index (κ1) is 20.2. The molecule has 3 aromatic heterocycles. The van der Waals surface area contributed by atoms with Gasteiger partial charge in [-0.3, -0.25) is 5.10 Å². The highest BCUT2D eigenvalue weighted by atomic mass is 35.5. The van der Waals surface area contributed by atoms with Crippen molar-refractivity contribution in [3.63, 3.8) is 0 Å². The van der Waals surface area contributed by atoms with Crippen molar-refractivity contribution >= 4 is 50.1 Å². The summed E-state index contributed by atoms with van der Waals surface area (Å²) in [5, 5.41) is 17.9. The number of benzene rings is 1. The molecule has 2 bridgehead atoms. The van der Waals surface area contributed by atoms with Gasteiger partial charge in [0.25, 0.3) is 0 Å². The number of thiazole rings is 1. The molecule has 0 aliphatic carbocycles. The minimum Gasteiger partial charge on any atom is -0.389 e. The molecule has 4 atom stereocenters. The van der Waals surface area contributed by atoms with Crippen LogP contribution in [0, 0.1) is 6.92 Å². The third kappa shape index (κ3) is 2.86. The Balaban J connectivity index is 1.45. The fraction of sp³-hybridized carbons (Fsp3) is 0.429. The molecule has 0 saturated carbocycles. The van der Waals surface area contributed by atoms with Crippen molar-refractivity contribution < 1.29 is 9.50 Å². The molecule has 2 aliphatic rings. The summed E-state index contributed by atoms with van der Waals surface area (Å²) in [5.41, 5.74) is 9.95. The molecule has 6 rings (SSSR count). The summed E-state index contributed by atoms with van der Waals surface area (Å²) in [5.74, 6) is 0.675. The van der Waals surface area contributed by atoms with Crippen molar-refractivity contribution in [1.82, 2.24) is 25.1 Å². The topological polar surface area (TPSA) is 117 Å². The van der Waals surface area contributed by atoms with E-state index in [1.54, 1.807) is 0 Å². The fourth-order valence-corrected chi connectivity index (χ4v) is 6.36. The zero-order valence-electron chi connectivity index (χ0n) is 17.2. The molecule has 32 heavy (non-hydrogen) atoms. The first-order chi connectivity index (χ1) is 15.5. The van der Waals surface area contributed by atoms with Crippen LogP contribution in [-0.2, 0) is 6.61 Å². The number of aryl methyl sites for hydroxylation is 1. The van der Waals surface area contributed by atoms with Gasteiger partial charge in [-0.2, -0.15) is 5.10 Å². The van der Waals surface area contributed by atoms with E-state index in [2.05, 4.69) is 20.1 Å². The summed E-state index contributed by atoms with van der Waals surface area (Å²) in [6, 6.07) is 3.21. The van der Waals surface area contributed by atoms with Gasteiger partial charge < -0.3 is 15.7 Å². The van der Waals surface area contributed by atoms with Crippen molar-refractivity contribution in [2.24, 2.45) is 5.73 Å². The van der Waals surface area contributed by atoms with E-state index >= 15 is 0 Å². The standard InChI is InChI=1S/C21H21ClFN7OS/c1-8-21(30-9-2-5-13(30)16(23)11(24)6-9)27-20-18(25-8)17(28-29-20)10-3-4-12-19(15(10)22)32-14(7-31)26-12/h3-4,9,11,13,16,31H,2,5-7,24H2,1H3,(H,27,28,29)/t9-,11-,13+,16-/m0/s1. The molecule has 11 heteroatoms. The number of hydrogen-bond acceptors (Lipinski definition) is 8. The Hall–Kier alpha value is -2.40. The Bertz CT molecular complexity index is 1360. The van der Waals surface area contributed by atoms with Gasteiger partial charge in [-0.25, -0.2) is 19.3 Å². The highest BCUT2D eigenvalue weighted by Crippen LogP contribution is 2.42. The normalized spacial score (nSPS) is 25.3. The average Bonchev–Trinajstić information content (AvgIpc) is 3.47. The molecule has 0 unspecified atom stereocenters. The number of nitrogens with one attached hydrogen (secondary N) is 1. The van der Waals surface area contributed by atoms with E-state index in [9.17, 15) is 9.50 Å². The lowest BCUT2D eigenvalue weighted by Crippen LogP contribution is -2.56. The SMILES string of the molecule is Cc1nc2c(-c3ccc4nc(CO)sc4c3Cl)[nH]nc2nc1N1[C@H]2CC[C@@H]1[C@@H](F)[C@@H](N)C2. The summed E-state index contributed by atoms with van der Waals surface area (Å²) < 4.78 is 15.6. The van der Waals surface area contributed by atoms with Crippen LogP contribution in [0.2, 0.25) is 5.02 Å². The van der Waals surface area contributed by atoms with Gasteiger partial charge >= 0.3 is 0 Å². The number of aromatic nitrogens is 5. The Morgan fingerprint density at radius 3 is 2.97 bits per heavy atom. The lowest BCUT2D eigenvalue weighted by atomic mass is 9.96. The van der Waals surface area contributed by atoms with Gasteiger partial charge in [0.2, 0.25) is 5.65 Å². The number of aliphatic hydroxyl groups excluding tert-OH is 1. The van der Waals surface area contributed by atoms with Crippen LogP contribution in [0.1, 0.15) is 30.0 Å². The number of hydrogen-bond donors (Lipinski definition) is 3. The first-order valence-electron chi connectivity index (χ1n) is 10.6. The third-order valence-electron chi connectivity index (χ3n) is 6.59. The monoisotopic (exact) mass is 473 g/mol. The number of piperidine rings is 1. The van der Waals surface area contributed by atoms with Crippen LogP contribution in [0.25, 0.3) is 32.6 Å². The number of nitrogens with zero attached hydrogens (tertiary/aromatic N) is 5. The second-order valence-electron chi connectivity index (χ2n) is 8.49. The van der Waals surface area contributed by atoms with Crippen molar-refractivity contribution in [1.29, 1.82) is 0 Å². The maximum atomic E-state index is 14.8. The Kier molecular flexibility index (Phi) is 4.62. The highest BCUT2D eigenvalue weighted by molar-refractivity contribution is 7.19. The van der Waals surface area contributed by atoms with Gasteiger partial charge in [-0.1, -0.05) is 11.6 Å². The number of nitrogens with two attached hydrogens (primary N) is 1. The van der Waals surface area contributed by atoms with Crippen LogP contribution < -0.4 is 10.6 Å². The summed E-state index contributed by atoms with van der Waals surface area (Å²) in [4.78, 5) is 16.0. The minimum absolute atomic E-state index is 0.130. The van der Waals surface area contributed by atoms with Crippen molar-refractivity contribution in [3.05, 3.63) is 27.9 Å². The summed E-state index contributed by atoms with van der Waals surface area (Å²) in [6.07, 6.45) is 1.21. The van der Waals surface area contributed by atoms with E-state index in [0.29, 0.717) is 39.1 Å². The number of aromatic amines is 1. The second kappa shape index (κ2) is 7.31. The largest absolute Gasteiger partial charge is 0.389 e. The number of H-pyrrole nitrogens is 1. The number of fused-ring (bicyclic) bond motifs is 4. The Morgan fingerprint density at radius 1 is 1.31 bits per heavy atom. The first-order valence-corrected chi connectivity index (χ1v) is 11.8. The van der Waals surface area contributed by atoms with Gasteiger partial charge in [-0.05, 0) is 38.3 Å². The predicted octanol–water partition coefficient (Wildman–Crippen LogP) is 3.49. The Labute approximate surface area is 191 Å². The number of rotatable bonds is 3. The van der Waals surface area contributed by atoms with Crippen LogP contribution in [0.4, 0.5) is 10.2 Å². The molecule has 0 spiro atoms. The molecule has 2 aliphatic heterocycles. The molecule has 8 nitrogen and oxygen atoms in total. The van der Waals surface area contributed by atoms with Crippen molar-refractivity contribution in [3.8, 4) is 11.3 Å². The zero-order valence-corrected chi connectivity index (χ0v) is 18.8. The van der Waals surface area contributed by atoms with Gasteiger partial charge in [-0.15, -0.1) is 11.3 Å². The molecule has 5 heterocycles. The smallest absolute Gasteiger partial charge is 0.202 e. The van der Waals surface area contributed by atoms with Gasteiger partial charge in [0.05, 0.1) is 39.3 Å². The molecule has 4 N–H and O–H groups in total. The second-order valence-corrected chi connectivity index (χ2v) is 9.96. The molecule has 4 aromatic rings. The van der Waals surface area contributed by atoms with E-state index in [0.717, 1.165) is 34.3 Å². The quantitative estimate of drug-likeness (QED) is 0.417. The number of aliphatic hydroxyl groups is 1. The molecule has 0 radical (unpaired) electrons. The molecule has 2 saturated heterocycles. The lowest BCUT2D eigenvalue weighted by Gasteiger charge is -2.41. The Morgan fingerprint density at radius 2 is 2.16 bits per heavy atom. The predicted molar refractivity (Wildman–Crippen MR) is 123 cm³/mol. The van der Waals surface area contributed by atoms with Crippen LogP contribution in [0.15, 0.2) is 12.1 Å². The highest BCUT2D eigenvalue weighted by Gasteiger charge is 2.47. The summed E-state index contributed by atoms with van der Waals surface area (Å²) in [7, 11) is 0. The van der Waals surface area contributed by atoms with E-state index in [1.165, 1.54) is 11.3 Å². The van der Waals surface area contributed by atoms with E-state index in [4.69, 9.17) is 27.3 Å². The lowest BCUT2D eigenvalue weighted by molar-refractivity contribution is 0.203. The molecule has 166 valence electrons. The number of halogens is 2. The van der Waals surface area contributed by atoms with E-state index < -0.39 is 12.2 Å². The average molecular weight is 474 g/mol.